The van der Waals surface area contributed by atoms with Crippen LogP contribution in [0.4, 0.5) is 5.69 Å². The Morgan fingerprint density at radius 2 is 2.06 bits per heavy atom. The molecule has 1 unspecified atom stereocenters. The molecule has 1 aromatic heterocycles. The lowest BCUT2D eigenvalue weighted by atomic mass is 10.1. The molecule has 2 heterocycles. The van der Waals surface area contributed by atoms with Crippen LogP contribution in [0.25, 0.3) is 0 Å². The molecular formula is C22H21ClN4O3S. The third-order valence-corrected chi connectivity index (χ3v) is 6.32. The predicted octanol–water partition coefficient (Wildman–Crippen LogP) is 4.36. The van der Waals surface area contributed by atoms with Crippen LogP contribution in [0, 0.1) is 0 Å². The maximum Gasteiger partial charge on any atom is 0.286 e. The highest BCUT2D eigenvalue weighted by Crippen LogP contribution is 2.34. The van der Waals surface area contributed by atoms with Crippen LogP contribution < -0.4 is 10.1 Å². The summed E-state index contributed by atoms with van der Waals surface area (Å²) in [5, 5.41) is 12.5. The number of hydrogen-bond donors (Lipinski definition) is 1. The molecule has 3 aromatic rings. The normalized spacial score (nSPS) is 15.7. The minimum absolute atomic E-state index is 0.0240. The zero-order valence-electron chi connectivity index (χ0n) is 16.9. The molecule has 0 saturated carbocycles. The van der Waals surface area contributed by atoms with Crippen LogP contribution in [-0.2, 0) is 11.2 Å². The second-order valence-corrected chi connectivity index (χ2v) is 8.63. The Balaban J connectivity index is 1.44. The molecule has 1 fully saturated rings. The number of amides is 2. The van der Waals surface area contributed by atoms with E-state index in [0.29, 0.717) is 22.3 Å². The number of aromatic nitrogens is 2. The van der Waals surface area contributed by atoms with Gasteiger partial charge >= 0.3 is 0 Å². The minimum atomic E-state index is -0.349. The molecule has 160 valence electrons. The van der Waals surface area contributed by atoms with Crippen LogP contribution in [0.2, 0.25) is 5.02 Å². The topological polar surface area (TPSA) is 84.4 Å². The largest absolute Gasteiger partial charge is 0.497 e. The first-order valence-corrected chi connectivity index (χ1v) is 11.1. The van der Waals surface area contributed by atoms with Crippen molar-refractivity contribution in [1.82, 2.24) is 15.1 Å². The molecule has 0 bridgehead atoms. The zero-order valence-corrected chi connectivity index (χ0v) is 18.4. The summed E-state index contributed by atoms with van der Waals surface area (Å²) in [6.45, 7) is 0.664. The smallest absolute Gasteiger partial charge is 0.286 e. The summed E-state index contributed by atoms with van der Waals surface area (Å²) >= 11 is 7.18. The number of anilines is 1. The number of ether oxygens (including phenoxy) is 1. The van der Waals surface area contributed by atoms with Crippen molar-refractivity contribution in [2.24, 2.45) is 0 Å². The number of benzene rings is 2. The molecule has 0 spiro atoms. The lowest BCUT2D eigenvalue weighted by Gasteiger charge is -2.22. The molecule has 2 amide bonds. The fourth-order valence-corrected chi connectivity index (χ4v) is 4.67. The zero-order chi connectivity index (χ0) is 21.8. The van der Waals surface area contributed by atoms with E-state index in [1.54, 1.807) is 31.4 Å². The van der Waals surface area contributed by atoms with E-state index in [4.69, 9.17) is 16.3 Å². The maximum atomic E-state index is 13.0. The molecule has 1 aliphatic heterocycles. The van der Waals surface area contributed by atoms with Gasteiger partial charge in [-0.3, -0.25) is 9.59 Å². The number of nitrogens with zero attached hydrogens (tertiary/aromatic N) is 3. The highest BCUT2D eigenvalue weighted by Gasteiger charge is 2.33. The fourth-order valence-electron chi connectivity index (χ4n) is 3.59. The van der Waals surface area contributed by atoms with Crippen LogP contribution in [-0.4, -0.2) is 40.6 Å². The highest BCUT2D eigenvalue weighted by atomic mass is 35.5. The van der Waals surface area contributed by atoms with E-state index >= 15 is 0 Å². The third-order valence-electron chi connectivity index (χ3n) is 5.07. The molecule has 0 radical (unpaired) electrons. The van der Waals surface area contributed by atoms with Crippen molar-refractivity contribution in [2.45, 2.75) is 25.3 Å². The first-order valence-electron chi connectivity index (χ1n) is 9.86. The van der Waals surface area contributed by atoms with Crippen LogP contribution in [0.15, 0.2) is 48.5 Å². The number of carbonyl (C=O) groups is 2. The first kappa shape index (κ1) is 21.3. The van der Waals surface area contributed by atoms with Crippen molar-refractivity contribution in [3.63, 3.8) is 0 Å². The van der Waals surface area contributed by atoms with Gasteiger partial charge in [0.05, 0.1) is 19.6 Å². The van der Waals surface area contributed by atoms with Gasteiger partial charge in [0, 0.05) is 17.3 Å². The number of methoxy groups -OCH3 is 1. The van der Waals surface area contributed by atoms with Gasteiger partial charge in [-0.15, -0.1) is 10.2 Å². The van der Waals surface area contributed by atoms with Crippen molar-refractivity contribution in [3.8, 4) is 5.75 Å². The van der Waals surface area contributed by atoms with E-state index in [1.807, 2.05) is 29.2 Å². The van der Waals surface area contributed by atoms with Crippen LogP contribution >= 0.6 is 22.9 Å². The van der Waals surface area contributed by atoms with Crippen molar-refractivity contribution < 1.29 is 14.3 Å². The molecule has 1 aliphatic rings. The molecular weight excluding hydrogens is 436 g/mol. The minimum Gasteiger partial charge on any atom is -0.497 e. The average Bonchev–Trinajstić information content (AvgIpc) is 3.43. The molecule has 9 heteroatoms. The number of halogens is 1. The van der Waals surface area contributed by atoms with Gasteiger partial charge in [-0.1, -0.05) is 41.1 Å². The predicted molar refractivity (Wildman–Crippen MR) is 120 cm³/mol. The summed E-state index contributed by atoms with van der Waals surface area (Å²) in [5.41, 5.74) is 1.49. The Morgan fingerprint density at radius 1 is 1.23 bits per heavy atom. The number of likely N-dealkylation sites (tertiary alicyclic amines) is 1. The summed E-state index contributed by atoms with van der Waals surface area (Å²) in [5.74, 6) is 0.400. The van der Waals surface area contributed by atoms with Crippen LogP contribution in [0.5, 0.6) is 5.75 Å². The molecule has 1 N–H and O–H groups in total. The van der Waals surface area contributed by atoms with E-state index in [0.717, 1.165) is 24.2 Å². The fraction of sp³-hybridized carbons (Fsp3) is 0.273. The summed E-state index contributed by atoms with van der Waals surface area (Å²) in [6, 6.07) is 14.2. The van der Waals surface area contributed by atoms with Crippen molar-refractivity contribution in [1.29, 1.82) is 0 Å². The van der Waals surface area contributed by atoms with Gasteiger partial charge < -0.3 is 15.0 Å². The van der Waals surface area contributed by atoms with Crippen molar-refractivity contribution in [3.05, 3.63) is 69.1 Å². The number of nitrogens with one attached hydrogen (secondary N) is 1. The molecule has 1 atom stereocenters. The number of rotatable bonds is 6. The van der Waals surface area contributed by atoms with Gasteiger partial charge in [0.25, 0.3) is 5.91 Å². The second-order valence-electron chi connectivity index (χ2n) is 7.18. The number of carbonyl (C=O) groups excluding carboxylic acids is 2. The summed E-state index contributed by atoms with van der Waals surface area (Å²) < 4.78 is 5.24. The second kappa shape index (κ2) is 9.45. The van der Waals surface area contributed by atoms with E-state index in [2.05, 4.69) is 15.5 Å². The van der Waals surface area contributed by atoms with Crippen molar-refractivity contribution >= 4 is 40.4 Å². The van der Waals surface area contributed by atoms with Gasteiger partial charge in [0.1, 0.15) is 10.8 Å². The van der Waals surface area contributed by atoms with Gasteiger partial charge in [-0.25, -0.2) is 0 Å². The number of hydrogen-bond acceptors (Lipinski definition) is 6. The molecule has 0 aliphatic carbocycles. The Bertz CT molecular complexity index is 1100. The average molecular weight is 457 g/mol. The maximum absolute atomic E-state index is 13.0. The van der Waals surface area contributed by atoms with E-state index < -0.39 is 0 Å². The SMILES string of the molecule is COc1cccc(CC(=O)N2CCCC2c2nnc(C(=O)Nc3cccc(Cl)c3)s2)c1. The molecule has 1 saturated heterocycles. The molecule has 31 heavy (non-hydrogen) atoms. The van der Waals surface area contributed by atoms with E-state index in [1.165, 1.54) is 11.3 Å². The Hall–Kier alpha value is -2.97. The first-order chi connectivity index (χ1) is 15.0. The standard InChI is InChI=1S/C22H21ClN4O3S/c1-30-17-8-2-5-14(11-17)12-19(28)27-10-4-9-18(27)21-25-26-22(31-21)20(29)24-16-7-3-6-15(23)13-16/h2-3,5-8,11,13,18H,4,9-10,12H2,1H3,(H,24,29). The highest BCUT2D eigenvalue weighted by molar-refractivity contribution is 7.13. The van der Waals surface area contributed by atoms with Gasteiger partial charge in [-0.2, -0.15) is 0 Å². The van der Waals surface area contributed by atoms with Gasteiger partial charge in [-0.05, 0) is 48.7 Å². The quantitative estimate of drug-likeness (QED) is 0.595. The van der Waals surface area contributed by atoms with Crippen LogP contribution in [0.3, 0.4) is 0 Å². The Morgan fingerprint density at radius 3 is 2.87 bits per heavy atom. The molecule has 7 nitrogen and oxygen atoms in total. The van der Waals surface area contributed by atoms with E-state index in [9.17, 15) is 9.59 Å². The lowest BCUT2D eigenvalue weighted by Crippen LogP contribution is -2.31. The van der Waals surface area contributed by atoms with Gasteiger partial charge in [0.15, 0.2) is 0 Å². The lowest BCUT2D eigenvalue weighted by molar-refractivity contribution is -0.131. The third kappa shape index (κ3) is 5.03. The van der Waals surface area contributed by atoms with Crippen molar-refractivity contribution in [2.75, 3.05) is 19.0 Å². The Labute approximate surface area is 189 Å². The summed E-state index contributed by atoms with van der Waals surface area (Å²) in [7, 11) is 1.60. The molecule has 4 rings (SSSR count). The monoisotopic (exact) mass is 456 g/mol. The van der Waals surface area contributed by atoms with Crippen LogP contribution in [0.1, 0.15) is 39.3 Å². The Kier molecular flexibility index (Phi) is 6.48. The van der Waals surface area contributed by atoms with E-state index in [-0.39, 0.29) is 29.3 Å². The summed E-state index contributed by atoms with van der Waals surface area (Å²) in [4.78, 5) is 27.3. The van der Waals surface area contributed by atoms with Gasteiger partial charge in [0.2, 0.25) is 10.9 Å². The molecule has 2 aromatic carbocycles. The summed E-state index contributed by atoms with van der Waals surface area (Å²) in [6.07, 6.45) is 1.97.